The standard InChI is InChI=1S/C16H12O5/c17-13-6-1-2-7-14(13)20-8-10-9-21-15-11(10)4-3-5-12(15)16(18)19/h1-7,9,17H,8H2,(H,18,19). The van der Waals surface area contributed by atoms with E-state index in [1.807, 2.05) is 0 Å². The minimum atomic E-state index is -1.04. The van der Waals surface area contributed by atoms with Gasteiger partial charge in [-0.15, -0.1) is 0 Å². The molecule has 0 unspecified atom stereocenters. The minimum Gasteiger partial charge on any atom is -0.504 e. The first-order chi connectivity index (χ1) is 10.2. The normalized spacial score (nSPS) is 10.7. The van der Waals surface area contributed by atoms with Crippen molar-refractivity contribution in [1.82, 2.24) is 0 Å². The topological polar surface area (TPSA) is 79.9 Å². The molecule has 2 aromatic carbocycles. The van der Waals surface area contributed by atoms with Crippen LogP contribution in [0, 0.1) is 0 Å². The molecule has 0 spiro atoms. The number of fused-ring (bicyclic) bond motifs is 1. The van der Waals surface area contributed by atoms with Gasteiger partial charge in [0.05, 0.1) is 6.26 Å². The SMILES string of the molecule is O=C(O)c1cccc2c(COc3ccccc3O)coc12. The molecule has 0 aliphatic heterocycles. The lowest BCUT2D eigenvalue weighted by Gasteiger charge is -2.06. The number of aromatic carboxylic acids is 1. The number of hydrogen-bond donors (Lipinski definition) is 2. The van der Waals surface area contributed by atoms with Crippen molar-refractivity contribution >= 4 is 16.9 Å². The molecule has 2 N–H and O–H groups in total. The van der Waals surface area contributed by atoms with E-state index in [4.69, 9.17) is 14.3 Å². The highest BCUT2D eigenvalue weighted by Gasteiger charge is 2.14. The van der Waals surface area contributed by atoms with Crippen molar-refractivity contribution < 1.29 is 24.2 Å². The number of hydrogen-bond acceptors (Lipinski definition) is 4. The van der Waals surface area contributed by atoms with Gasteiger partial charge in [0, 0.05) is 10.9 Å². The van der Waals surface area contributed by atoms with E-state index in [-0.39, 0.29) is 17.9 Å². The maximum atomic E-state index is 11.1. The molecule has 5 heteroatoms. The number of benzene rings is 2. The van der Waals surface area contributed by atoms with Gasteiger partial charge < -0.3 is 19.4 Å². The first-order valence-corrected chi connectivity index (χ1v) is 6.30. The Hall–Kier alpha value is -2.95. The number of carboxylic acid groups (broad SMARTS) is 1. The van der Waals surface area contributed by atoms with Gasteiger partial charge >= 0.3 is 5.97 Å². The van der Waals surface area contributed by atoms with E-state index in [9.17, 15) is 9.90 Å². The second-order valence-corrected chi connectivity index (χ2v) is 4.50. The van der Waals surface area contributed by atoms with Crippen LogP contribution in [0.5, 0.6) is 11.5 Å². The number of phenols is 1. The van der Waals surface area contributed by atoms with Crippen molar-refractivity contribution in [3.8, 4) is 11.5 Å². The highest BCUT2D eigenvalue weighted by atomic mass is 16.5. The molecule has 0 atom stereocenters. The van der Waals surface area contributed by atoms with Crippen LogP contribution in [0.3, 0.4) is 0 Å². The number of carboxylic acids is 1. The lowest BCUT2D eigenvalue weighted by atomic mass is 10.1. The summed E-state index contributed by atoms with van der Waals surface area (Å²) in [5.74, 6) is -0.624. The van der Waals surface area contributed by atoms with Crippen LogP contribution in [-0.4, -0.2) is 16.2 Å². The molecule has 0 fully saturated rings. The fourth-order valence-electron chi connectivity index (χ4n) is 2.13. The molecule has 0 bridgehead atoms. The third-order valence-corrected chi connectivity index (χ3v) is 3.16. The molecule has 106 valence electrons. The van der Waals surface area contributed by atoms with Crippen LogP contribution in [-0.2, 0) is 6.61 Å². The summed E-state index contributed by atoms with van der Waals surface area (Å²) in [6, 6.07) is 11.6. The number of carbonyl (C=O) groups is 1. The fraction of sp³-hybridized carbons (Fsp3) is 0.0625. The summed E-state index contributed by atoms with van der Waals surface area (Å²) in [5, 5.41) is 19.4. The summed E-state index contributed by atoms with van der Waals surface area (Å²) in [7, 11) is 0. The molecular weight excluding hydrogens is 272 g/mol. The van der Waals surface area contributed by atoms with Crippen LogP contribution < -0.4 is 4.74 Å². The van der Waals surface area contributed by atoms with E-state index in [0.717, 1.165) is 5.56 Å². The number of para-hydroxylation sites is 3. The second-order valence-electron chi connectivity index (χ2n) is 4.50. The van der Waals surface area contributed by atoms with E-state index < -0.39 is 5.97 Å². The number of aromatic hydroxyl groups is 1. The summed E-state index contributed by atoms with van der Waals surface area (Å²) in [4.78, 5) is 11.1. The Balaban J connectivity index is 1.90. The summed E-state index contributed by atoms with van der Waals surface area (Å²) in [5.41, 5.74) is 1.15. The molecule has 0 radical (unpaired) electrons. The predicted molar refractivity (Wildman–Crippen MR) is 75.6 cm³/mol. The third kappa shape index (κ3) is 2.41. The van der Waals surface area contributed by atoms with Crippen molar-refractivity contribution in [3.63, 3.8) is 0 Å². The maximum absolute atomic E-state index is 11.1. The largest absolute Gasteiger partial charge is 0.504 e. The van der Waals surface area contributed by atoms with Crippen molar-refractivity contribution in [2.45, 2.75) is 6.61 Å². The van der Waals surface area contributed by atoms with Crippen molar-refractivity contribution in [2.75, 3.05) is 0 Å². The average Bonchev–Trinajstić information content (AvgIpc) is 2.89. The van der Waals surface area contributed by atoms with Crippen molar-refractivity contribution in [3.05, 3.63) is 59.9 Å². The van der Waals surface area contributed by atoms with Gasteiger partial charge in [-0.3, -0.25) is 0 Å². The third-order valence-electron chi connectivity index (χ3n) is 3.16. The molecule has 0 aliphatic rings. The fourth-order valence-corrected chi connectivity index (χ4v) is 2.13. The minimum absolute atomic E-state index is 0.0523. The molecule has 3 aromatic rings. The van der Waals surface area contributed by atoms with E-state index in [1.165, 1.54) is 18.4 Å². The monoisotopic (exact) mass is 284 g/mol. The number of phenolic OH excluding ortho intramolecular Hbond substituents is 1. The Morgan fingerprint density at radius 3 is 2.71 bits per heavy atom. The number of ether oxygens (including phenoxy) is 1. The van der Waals surface area contributed by atoms with Gasteiger partial charge in [-0.05, 0) is 18.2 Å². The zero-order chi connectivity index (χ0) is 14.8. The molecule has 1 heterocycles. The van der Waals surface area contributed by atoms with E-state index in [1.54, 1.807) is 30.3 Å². The van der Waals surface area contributed by atoms with E-state index in [0.29, 0.717) is 16.7 Å². The number of furan rings is 1. The predicted octanol–water partition coefficient (Wildman–Crippen LogP) is 3.42. The highest BCUT2D eigenvalue weighted by Crippen LogP contribution is 2.28. The highest BCUT2D eigenvalue weighted by molar-refractivity contribution is 6.01. The Morgan fingerprint density at radius 2 is 1.95 bits per heavy atom. The molecule has 21 heavy (non-hydrogen) atoms. The van der Waals surface area contributed by atoms with Gasteiger partial charge in [0.15, 0.2) is 11.5 Å². The van der Waals surface area contributed by atoms with Gasteiger partial charge in [-0.2, -0.15) is 0 Å². The molecule has 0 amide bonds. The molecule has 5 nitrogen and oxygen atoms in total. The summed E-state index contributed by atoms with van der Waals surface area (Å²) < 4.78 is 10.9. The quantitative estimate of drug-likeness (QED) is 0.767. The van der Waals surface area contributed by atoms with Crippen LogP contribution in [0.15, 0.2) is 53.1 Å². The van der Waals surface area contributed by atoms with Crippen molar-refractivity contribution in [1.29, 1.82) is 0 Å². The average molecular weight is 284 g/mol. The molecule has 0 saturated heterocycles. The maximum Gasteiger partial charge on any atom is 0.339 e. The zero-order valence-electron chi connectivity index (χ0n) is 10.9. The molecule has 1 aromatic heterocycles. The molecule has 0 saturated carbocycles. The zero-order valence-corrected chi connectivity index (χ0v) is 10.9. The van der Waals surface area contributed by atoms with Crippen molar-refractivity contribution in [2.24, 2.45) is 0 Å². The smallest absolute Gasteiger partial charge is 0.339 e. The second kappa shape index (κ2) is 5.20. The van der Waals surface area contributed by atoms with Gasteiger partial charge in [0.2, 0.25) is 0 Å². The lowest BCUT2D eigenvalue weighted by Crippen LogP contribution is -1.97. The summed E-state index contributed by atoms with van der Waals surface area (Å²) >= 11 is 0. The first-order valence-electron chi connectivity index (χ1n) is 6.30. The van der Waals surface area contributed by atoms with Gasteiger partial charge in [0.25, 0.3) is 0 Å². The summed E-state index contributed by atoms with van der Waals surface area (Å²) in [6.07, 6.45) is 1.47. The molecule has 3 rings (SSSR count). The van der Waals surface area contributed by atoms with Crippen LogP contribution in [0.2, 0.25) is 0 Å². The van der Waals surface area contributed by atoms with Crippen LogP contribution >= 0.6 is 0 Å². The van der Waals surface area contributed by atoms with Gasteiger partial charge in [-0.25, -0.2) is 4.79 Å². The van der Waals surface area contributed by atoms with E-state index >= 15 is 0 Å². The summed E-state index contributed by atoms with van der Waals surface area (Å²) in [6.45, 7) is 0.174. The Labute approximate surface area is 120 Å². The molecule has 0 aliphatic carbocycles. The van der Waals surface area contributed by atoms with Gasteiger partial charge in [-0.1, -0.05) is 24.3 Å². The number of rotatable bonds is 4. The Bertz CT molecular complexity index is 803. The Morgan fingerprint density at radius 1 is 1.14 bits per heavy atom. The lowest BCUT2D eigenvalue weighted by molar-refractivity contribution is 0.0698. The first kappa shape index (κ1) is 13.1. The van der Waals surface area contributed by atoms with Crippen LogP contribution in [0.4, 0.5) is 0 Å². The Kier molecular flexibility index (Phi) is 3.23. The van der Waals surface area contributed by atoms with Gasteiger partial charge in [0.1, 0.15) is 17.8 Å². The van der Waals surface area contributed by atoms with Crippen LogP contribution in [0.25, 0.3) is 11.0 Å². The molecular formula is C16H12O5. The van der Waals surface area contributed by atoms with Crippen LogP contribution in [0.1, 0.15) is 15.9 Å². The van der Waals surface area contributed by atoms with E-state index in [2.05, 4.69) is 0 Å².